The van der Waals surface area contributed by atoms with Gasteiger partial charge in [0.25, 0.3) is 11.4 Å². The smallest absolute Gasteiger partial charge is 0.270 e. The average Bonchev–Trinajstić information content (AvgIpc) is 2.30. The number of nitro benzene ring substituents is 1. The van der Waals surface area contributed by atoms with Gasteiger partial charge in [-0.25, -0.2) is 0 Å². The third kappa shape index (κ3) is 1.83. The number of benzene rings is 1. The van der Waals surface area contributed by atoms with Gasteiger partial charge in [-0.15, -0.1) is 0 Å². The molecule has 16 heavy (non-hydrogen) atoms. The Hall–Kier alpha value is -2.43. The molecule has 2 aromatic rings. The second-order valence-corrected chi connectivity index (χ2v) is 3.24. The zero-order valence-corrected chi connectivity index (χ0v) is 8.28. The lowest BCUT2D eigenvalue weighted by Crippen LogP contribution is -2.31. The van der Waals surface area contributed by atoms with E-state index in [0.717, 1.165) is 4.73 Å². The van der Waals surface area contributed by atoms with Crippen molar-refractivity contribution in [3.63, 3.8) is 0 Å². The van der Waals surface area contributed by atoms with Crippen molar-refractivity contribution in [1.29, 1.82) is 0 Å². The van der Waals surface area contributed by atoms with E-state index in [4.69, 9.17) is 0 Å². The minimum absolute atomic E-state index is 0.00125. The zero-order valence-electron chi connectivity index (χ0n) is 8.28. The largest absolute Gasteiger partial charge is 0.285 e. The zero-order chi connectivity index (χ0) is 11.5. The molecule has 0 aliphatic heterocycles. The fraction of sp³-hybridized carbons (Fsp3) is 0. The number of hydrogen-bond acceptors (Lipinski definition) is 3. The van der Waals surface area contributed by atoms with Crippen molar-refractivity contribution in [1.82, 2.24) is 0 Å². The molecule has 0 spiro atoms. The molecule has 1 heterocycles. The lowest BCUT2D eigenvalue weighted by molar-refractivity contribution is -0.896. The molecule has 0 atom stereocenters. The van der Waals surface area contributed by atoms with E-state index < -0.39 is 4.92 Å². The first kappa shape index (κ1) is 10.1. The van der Waals surface area contributed by atoms with Gasteiger partial charge in [0, 0.05) is 29.0 Å². The Morgan fingerprint density at radius 2 is 2.00 bits per heavy atom. The molecular formula is C11H9N2O3+. The summed E-state index contributed by atoms with van der Waals surface area (Å²) in [7, 11) is 0. The van der Waals surface area contributed by atoms with Crippen LogP contribution in [0.25, 0.3) is 11.3 Å². The summed E-state index contributed by atoms with van der Waals surface area (Å²) in [4.78, 5) is 10.1. The van der Waals surface area contributed by atoms with Crippen LogP contribution < -0.4 is 4.73 Å². The maximum Gasteiger partial charge on any atom is 0.270 e. The highest BCUT2D eigenvalue weighted by atomic mass is 16.6. The van der Waals surface area contributed by atoms with E-state index in [9.17, 15) is 15.3 Å². The van der Waals surface area contributed by atoms with Crippen molar-refractivity contribution in [3.8, 4) is 11.3 Å². The minimum atomic E-state index is -0.464. The molecule has 1 aromatic carbocycles. The van der Waals surface area contributed by atoms with Gasteiger partial charge in [-0.2, -0.15) is 0 Å². The van der Waals surface area contributed by atoms with E-state index in [0.29, 0.717) is 11.3 Å². The summed E-state index contributed by atoms with van der Waals surface area (Å²) >= 11 is 0. The van der Waals surface area contributed by atoms with Gasteiger partial charge in [-0.1, -0.05) is 6.07 Å². The molecule has 0 amide bonds. The van der Waals surface area contributed by atoms with Crippen LogP contribution in [-0.4, -0.2) is 10.1 Å². The fourth-order valence-corrected chi connectivity index (χ4v) is 1.44. The van der Waals surface area contributed by atoms with Gasteiger partial charge in [0.2, 0.25) is 6.20 Å². The van der Waals surface area contributed by atoms with Crippen molar-refractivity contribution in [2.45, 2.75) is 0 Å². The van der Waals surface area contributed by atoms with Gasteiger partial charge in [0.15, 0.2) is 0 Å². The SMILES string of the molecule is O=[N+]([O-])c1cccc(-c2cccc[n+]2O)c1. The standard InChI is InChI=1S/C11H9N2O3/c14-12-7-2-1-6-11(12)9-4-3-5-10(8-9)13(15)16/h1-8,14H/q+1. The maximum absolute atomic E-state index is 10.6. The van der Waals surface area contributed by atoms with Gasteiger partial charge >= 0.3 is 0 Å². The molecule has 1 aromatic heterocycles. The molecule has 0 bridgehead atoms. The van der Waals surface area contributed by atoms with Crippen LogP contribution in [0.2, 0.25) is 0 Å². The van der Waals surface area contributed by atoms with Gasteiger partial charge < -0.3 is 0 Å². The average molecular weight is 217 g/mol. The van der Waals surface area contributed by atoms with Crippen molar-refractivity contribution >= 4 is 5.69 Å². The number of pyridine rings is 1. The Balaban J connectivity index is 2.53. The monoisotopic (exact) mass is 217 g/mol. The Morgan fingerprint density at radius 3 is 2.69 bits per heavy atom. The third-order valence-corrected chi connectivity index (χ3v) is 2.19. The van der Waals surface area contributed by atoms with Gasteiger partial charge in [0.05, 0.1) is 10.5 Å². The normalized spacial score (nSPS) is 10.0. The minimum Gasteiger partial charge on any atom is -0.285 e. The topological polar surface area (TPSA) is 67.2 Å². The first-order chi connectivity index (χ1) is 7.68. The Kier molecular flexibility index (Phi) is 2.51. The highest BCUT2D eigenvalue weighted by Crippen LogP contribution is 2.20. The summed E-state index contributed by atoms with van der Waals surface area (Å²) in [5, 5.41) is 20.1. The summed E-state index contributed by atoms with van der Waals surface area (Å²) in [5.74, 6) is 0. The number of hydrogen-bond donors (Lipinski definition) is 1. The summed E-state index contributed by atoms with van der Waals surface area (Å²) < 4.78 is 0.930. The van der Waals surface area contributed by atoms with Crippen molar-refractivity contribution in [2.75, 3.05) is 0 Å². The Morgan fingerprint density at radius 1 is 1.19 bits per heavy atom. The number of nitrogens with zero attached hydrogens (tertiary/aromatic N) is 2. The molecule has 0 aliphatic carbocycles. The summed E-state index contributed by atoms with van der Waals surface area (Å²) in [5.41, 5.74) is 1.10. The predicted octanol–water partition coefficient (Wildman–Crippen LogP) is 1.79. The second-order valence-electron chi connectivity index (χ2n) is 3.24. The van der Waals surface area contributed by atoms with Crippen LogP contribution in [0.15, 0.2) is 48.7 Å². The van der Waals surface area contributed by atoms with Crippen molar-refractivity contribution in [3.05, 3.63) is 58.8 Å². The second kappa shape index (κ2) is 3.98. The molecular weight excluding hydrogens is 208 g/mol. The van der Waals surface area contributed by atoms with Crippen LogP contribution in [0.5, 0.6) is 0 Å². The van der Waals surface area contributed by atoms with Crippen LogP contribution in [0, 0.1) is 10.1 Å². The Labute approximate surface area is 91.3 Å². The number of rotatable bonds is 2. The first-order valence-corrected chi connectivity index (χ1v) is 4.63. The summed E-state index contributed by atoms with van der Waals surface area (Å²) in [6, 6.07) is 11.2. The van der Waals surface area contributed by atoms with E-state index in [1.807, 2.05) is 0 Å². The fourth-order valence-electron chi connectivity index (χ4n) is 1.44. The van der Waals surface area contributed by atoms with Crippen molar-refractivity contribution < 1.29 is 14.9 Å². The summed E-state index contributed by atoms with van der Waals surface area (Å²) in [6.07, 6.45) is 1.47. The quantitative estimate of drug-likeness (QED) is 0.361. The third-order valence-electron chi connectivity index (χ3n) is 2.19. The predicted molar refractivity (Wildman–Crippen MR) is 55.9 cm³/mol. The molecule has 0 radical (unpaired) electrons. The summed E-state index contributed by atoms with van der Waals surface area (Å²) in [6.45, 7) is 0. The number of nitro groups is 1. The molecule has 1 N–H and O–H groups in total. The molecule has 0 unspecified atom stereocenters. The van der Waals surface area contributed by atoms with Crippen LogP contribution in [0.3, 0.4) is 0 Å². The van der Waals surface area contributed by atoms with Gasteiger partial charge in [0.1, 0.15) is 0 Å². The molecule has 5 heteroatoms. The van der Waals surface area contributed by atoms with Crippen LogP contribution in [0.1, 0.15) is 0 Å². The molecule has 5 nitrogen and oxygen atoms in total. The van der Waals surface area contributed by atoms with E-state index in [1.165, 1.54) is 18.3 Å². The number of aromatic nitrogens is 1. The van der Waals surface area contributed by atoms with E-state index in [-0.39, 0.29) is 5.69 Å². The molecule has 2 rings (SSSR count). The highest BCUT2D eigenvalue weighted by Gasteiger charge is 2.14. The maximum atomic E-state index is 10.6. The first-order valence-electron chi connectivity index (χ1n) is 4.63. The van der Waals surface area contributed by atoms with Crippen LogP contribution in [0.4, 0.5) is 5.69 Å². The van der Waals surface area contributed by atoms with Crippen LogP contribution >= 0.6 is 0 Å². The number of non-ortho nitro benzene ring substituents is 1. The van der Waals surface area contributed by atoms with E-state index in [2.05, 4.69) is 0 Å². The molecule has 0 aliphatic rings. The lowest BCUT2D eigenvalue weighted by atomic mass is 10.1. The Bertz CT molecular complexity index is 540. The van der Waals surface area contributed by atoms with Gasteiger partial charge in [-0.05, 0) is 12.1 Å². The van der Waals surface area contributed by atoms with Gasteiger partial charge in [-0.3, -0.25) is 15.3 Å². The van der Waals surface area contributed by atoms with E-state index >= 15 is 0 Å². The highest BCUT2D eigenvalue weighted by molar-refractivity contribution is 5.59. The lowest BCUT2D eigenvalue weighted by Gasteiger charge is -1.97. The van der Waals surface area contributed by atoms with E-state index in [1.54, 1.807) is 30.3 Å². The van der Waals surface area contributed by atoms with Crippen LogP contribution in [-0.2, 0) is 0 Å². The van der Waals surface area contributed by atoms with Crippen molar-refractivity contribution in [2.24, 2.45) is 0 Å². The molecule has 0 saturated heterocycles. The molecule has 80 valence electrons. The molecule has 0 saturated carbocycles. The molecule has 0 fully saturated rings.